The molecule has 96 valence electrons. The number of carbonyl (C=O) groups excluding carboxylic acids is 1. The van der Waals surface area contributed by atoms with E-state index in [2.05, 4.69) is 5.32 Å². The number of benzene rings is 2. The average Bonchev–Trinajstić information content (AvgIpc) is 2.41. The zero-order valence-electron chi connectivity index (χ0n) is 9.76. The van der Waals surface area contributed by atoms with Crippen LogP contribution in [0.25, 0.3) is 0 Å². The highest BCUT2D eigenvalue weighted by Gasteiger charge is 2.39. The van der Waals surface area contributed by atoms with Crippen molar-refractivity contribution < 1.29 is 14.6 Å². The molecule has 0 aromatic heterocycles. The Bertz CT molecular complexity index is 644. The van der Waals surface area contributed by atoms with Gasteiger partial charge in [0.1, 0.15) is 5.75 Å². The van der Waals surface area contributed by atoms with Crippen LogP contribution >= 0.6 is 11.6 Å². The second kappa shape index (κ2) is 4.26. The zero-order chi connectivity index (χ0) is 13.5. The van der Waals surface area contributed by atoms with Crippen LogP contribution in [0.5, 0.6) is 5.75 Å². The van der Waals surface area contributed by atoms with Crippen LogP contribution in [0.15, 0.2) is 48.5 Å². The van der Waals surface area contributed by atoms with E-state index in [1.54, 1.807) is 36.4 Å². The lowest BCUT2D eigenvalue weighted by Gasteiger charge is -2.34. The molecule has 2 N–H and O–H groups in total. The summed E-state index contributed by atoms with van der Waals surface area (Å²) in [4.78, 5) is 12.0. The van der Waals surface area contributed by atoms with Crippen LogP contribution in [0, 0.1) is 0 Å². The van der Waals surface area contributed by atoms with Crippen molar-refractivity contribution in [2.45, 2.75) is 5.91 Å². The Balaban J connectivity index is 2.06. The molecule has 1 amide bonds. The van der Waals surface area contributed by atoms with Gasteiger partial charge in [-0.25, -0.2) is 0 Å². The molecule has 3 rings (SSSR count). The molecule has 19 heavy (non-hydrogen) atoms. The molecular weight excluding hydrogens is 266 g/mol. The van der Waals surface area contributed by atoms with Crippen LogP contribution in [0.2, 0.25) is 5.02 Å². The summed E-state index contributed by atoms with van der Waals surface area (Å²) in [7, 11) is 0. The third-order valence-corrected chi connectivity index (χ3v) is 3.13. The Labute approximate surface area is 114 Å². The second-order valence-corrected chi connectivity index (χ2v) is 4.64. The molecule has 2 aromatic carbocycles. The van der Waals surface area contributed by atoms with Gasteiger partial charge in [-0.05, 0) is 18.2 Å². The largest absolute Gasteiger partial charge is 0.440 e. The molecule has 0 saturated carbocycles. The van der Waals surface area contributed by atoms with Crippen LogP contribution < -0.4 is 10.1 Å². The standard InChI is InChI=1S/C14H10ClNO3/c15-10-6-7-12-11(8-10)13(17)16-14(18,19-12)9-4-2-1-3-5-9/h1-8,18H,(H,16,17). The maximum Gasteiger partial charge on any atom is 0.320 e. The summed E-state index contributed by atoms with van der Waals surface area (Å²) >= 11 is 5.83. The molecule has 0 spiro atoms. The van der Waals surface area contributed by atoms with E-state index in [4.69, 9.17) is 16.3 Å². The van der Waals surface area contributed by atoms with Gasteiger partial charge in [-0.1, -0.05) is 41.9 Å². The normalized spacial score (nSPS) is 21.3. The van der Waals surface area contributed by atoms with Gasteiger partial charge in [-0.15, -0.1) is 0 Å². The highest BCUT2D eigenvalue weighted by Crippen LogP contribution is 2.33. The number of nitrogens with one attached hydrogen (secondary N) is 1. The molecule has 4 nitrogen and oxygen atoms in total. The first kappa shape index (κ1) is 12.0. The van der Waals surface area contributed by atoms with Gasteiger partial charge in [0.2, 0.25) is 0 Å². The molecule has 0 radical (unpaired) electrons. The first-order chi connectivity index (χ1) is 9.08. The van der Waals surface area contributed by atoms with E-state index in [0.717, 1.165) is 0 Å². The predicted molar refractivity (Wildman–Crippen MR) is 69.9 cm³/mol. The van der Waals surface area contributed by atoms with Crippen LogP contribution in [0.1, 0.15) is 15.9 Å². The van der Waals surface area contributed by atoms with Crippen molar-refractivity contribution in [3.05, 3.63) is 64.7 Å². The van der Waals surface area contributed by atoms with Crippen LogP contribution in [0.3, 0.4) is 0 Å². The van der Waals surface area contributed by atoms with E-state index in [9.17, 15) is 9.90 Å². The topological polar surface area (TPSA) is 58.6 Å². The summed E-state index contributed by atoms with van der Waals surface area (Å²) in [5.41, 5.74) is 0.747. The quantitative estimate of drug-likeness (QED) is 0.839. The van der Waals surface area contributed by atoms with E-state index in [1.165, 1.54) is 6.07 Å². The van der Waals surface area contributed by atoms with Gasteiger partial charge in [0.05, 0.1) is 5.56 Å². The Hall–Kier alpha value is -2.04. The molecule has 2 aromatic rings. The number of fused-ring (bicyclic) bond motifs is 1. The molecule has 0 aliphatic carbocycles. The first-order valence-electron chi connectivity index (χ1n) is 5.67. The summed E-state index contributed by atoms with van der Waals surface area (Å²) in [6, 6.07) is 13.3. The molecule has 0 fully saturated rings. The fourth-order valence-corrected chi connectivity index (χ4v) is 2.14. The first-order valence-corrected chi connectivity index (χ1v) is 6.05. The fraction of sp³-hybridized carbons (Fsp3) is 0.0714. The number of hydrogen-bond donors (Lipinski definition) is 2. The zero-order valence-corrected chi connectivity index (χ0v) is 10.5. The van der Waals surface area contributed by atoms with Crippen LogP contribution in [-0.2, 0) is 5.91 Å². The van der Waals surface area contributed by atoms with Crippen molar-refractivity contribution in [1.82, 2.24) is 5.32 Å². The fourth-order valence-electron chi connectivity index (χ4n) is 1.97. The van der Waals surface area contributed by atoms with Gasteiger partial charge < -0.3 is 9.84 Å². The van der Waals surface area contributed by atoms with Gasteiger partial charge in [-0.2, -0.15) is 0 Å². The highest BCUT2D eigenvalue weighted by molar-refractivity contribution is 6.31. The Morgan fingerprint density at radius 2 is 1.89 bits per heavy atom. The summed E-state index contributed by atoms with van der Waals surface area (Å²) in [5.74, 6) is -2.01. The predicted octanol–water partition coefficient (Wildman–Crippen LogP) is 2.26. The number of aliphatic hydroxyl groups is 1. The minimum absolute atomic E-state index is 0.291. The van der Waals surface area contributed by atoms with Crippen molar-refractivity contribution in [2.24, 2.45) is 0 Å². The Morgan fingerprint density at radius 1 is 1.16 bits per heavy atom. The lowest BCUT2D eigenvalue weighted by atomic mass is 10.1. The van der Waals surface area contributed by atoms with Crippen molar-refractivity contribution in [3.8, 4) is 5.75 Å². The smallest absolute Gasteiger partial charge is 0.320 e. The molecule has 1 unspecified atom stereocenters. The van der Waals surface area contributed by atoms with E-state index < -0.39 is 11.8 Å². The molecule has 0 bridgehead atoms. The molecule has 1 aliphatic heterocycles. The average molecular weight is 276 g/mol. The van der Waals surface area contributed by atoms with Crippen LogP contribution in [-0.4, -0.2) is 11.0 Å². The van der Waals surface area contributed by atoms with Gasteiger partial charge >= 0.3 is 5.91 Å². The molecule has 0 saturated heterocycles. The summed E-state index contributed by atoms with van der Waals surface area (Å²) in [6.07, 6.45) is 0. The lowest BCUT2D eigenvalue weighted by Crippen LogP contribution is -2.53. The SMILES string of the molecule is O=C1NC(O)(c2ccccc2)Oc2ccc(Cl)cc21. The summed E-state index contributed by atoms with van der Waals surface area (Å²) in [5, 5.41) is 13.3. The summed E-state index contributed by atoms with van der Waals surface area (Å²) in [6.45, 7) is 0. The third-order valence-electron chi connectivity index (χ3n) is 2.89. The van der Waals surface area contributed by atoms with Crippen molar-refractivity contribution >= 4 is 17.5 Å². The number of hydrogen-bond acceptors (Lipinski definition) is 3. The molecule has 5 heteroatoms. The van der Waals surface area contributed by atoms with Gasteiger partial charge in [0.25, 0.3) is 5.91 Å². The molecular formula is C14H10ClNO3. The monoisotopic (exact) mass is 275 g/mol. The van der Waals surface area contributed by atoms with Crippen molar-refractivity contribution in [3.63, 3.8) is 0 Å². The third kappa shape index (κ3) is 2.05. The Kier molecular flexibility index (Phi) is 2.69. The molecule has 1 heterocycles. The maximum atomic E-state index is 12.0. The second-order valence-electron chi connectivity index (χ2n) is 4.21. The van der Waals surface area contributed by atoms with Gasteiger partial charge in [0.15, 0.2) is 0 Å². The number of ether oxygens (including phenoxy) is 1. The van der Waals surface area contributed by atoms with Crippen molar-refractivity contribution in [1.29, 1.82) is 0 Å². The minimum Gasteiger partial charge on any atom is -0.440 e. The molecule has 1 aliphatic rings. The number of rotatable bonds is 1. The summed E-state index contributed by atoms with van der Waals surface area (Å²) < 4.78 is 5.50. The van der Waals surface area contributed by atoms with E-state index in [0.29, 0.717) is 21.9 Å². The van der Waals surface area contributed by atoms with Crippen LogP contribution in [0.4, 0.5) is 0 Å². The number of amides is 1. The van der Waals surface area contributed by atoms with E-state index in [-0.39, 0.29) is 0 Å². The number of halogens is 1. The highest BCUT2D eigenvalue weighted by atomic mass is 35.5. The van der Waals surface area contributed by atoms with E-state index in [1.807, 2.05) is 6.07 Å². The van der Waals surface area contributed by atoms with E-state index >= 15 is 0 Å². The van der Waals surface area contributed by atoms with Crippen molar-refractivity contribution in [2.75, 3.05) is 0 Å². The Morgan fingerprint density at radius 3 is 2.63 bits per heavy atom. The van der Waals surface area contributed by atoms with Gasteiger partial charge in [0, 0.05) is 10.6 Å². The molecule has 1 atom stereocenters. The maximum absolute atomic E-state index is 12.0. The lowest BCUT2D eigenvalue weighted by molar-refractivity contribution is -0.167. The number of carbonyl (C=O) groups is 1. The van der Waals surface area contributed by atoms with Gasteiger partial charge in [-0.3, -0.25) is 10.1 Å². The minimum atomic E-state index is -1.86.